The Morgan fingerprint density at radius 1 is 0.889 bits per heavy atom. The molecule has 1 nitrogen and oxygen atoms in total. The van der Waals surface area contributed by atoms with Crippen molar-refractivity contribution in [3.63, 3.8) is 0 Å². The molecule has 0 heterocycles. The molecular formula is C13H9BrCl3N. The molecule has 0 atom stereocenters. The Balaban J connectivity index is 2.13. The lowest BCUT2D eigenvalue weighted by Crippen LogP contribution is -2.00. The van der Waals surface area contributed by atoms with Gasteiger partial charge in [0.25, 0.3) is 0 Å². The molecule has 18 heavy (non-hydrogen) atoms. The molecule has 2 aromatic rings. The normalized spacial score (nSPS) is 10.4. The van der Waals surface area contributed by atoms with Crippen LogP contribution in [0.5, 0.6) is 0 Å². The van der Waals surface area contributed by atoms with Crippen LogP contribution in [0.4, 0.5) is 5.69 Å². The van der Waals surface area contributed by atoms with E-state index in [4.69, 9.17) is 34.8 Å². The molecule has 0 aromatic heterocycles. The molecule has 5 heteroatoms. The number of benzene rings is 2. The van der Waals surface area contributed by atoms with Crippen molar-refractivity contribution in [1.29, 1.82) is 0 Å². The molecule has 0 aliphatic rings. The summed E-state index contributed by atoms with van der Waals surface area (Å²) in [6.07, 6.45) is 0. The highest BCUT2D eigenvalue weighted by Crippen LogP contribution is 2.25. The first-order chi connectivity index (χ1) is 8.54. The number of nitrogens with one attached hydrogen (secondary N) is 1. The molecule has 0 spiro atoms. The number of anilines is 1. The maximum Gasteiger partial charge on any atom is 0.0441 e. The van der Waals surface area contributed by atoms with Crippen LogP contribution in [0.15, 0.2) is 40.9 Å². The largest absolute Gasteiger partial charge is 0.381 e. The lowest BCUT2D eigenvalue weighted by Gasteiger charge is -2.09. The van der Waals surface area contributed by atoms with Crippen molar-refractivity contribution < 1.29 is 0 Å². The summed E-state index contributed by atoms with van der Waals surface area (Å²) in [5.41, 5.74) is 1.94. The molecular weight excluding hydrogens is 356 g/mol. The summed E-state index contributed by atoms with van der Waals surface area (Å²) in [5, 5.41) is 5.17. The zero-order valence-corrected chi connectivity index (χ0v) is 13.0. The fourth-order valence-corrected chi connectivity index (χ4v) is 2.64. The molecule has 2 aromatic carbocycles. The maximum atomic E-state index is 5.96. The average molecular weight is 365 g/mol. The Bertz CT molecular complexity index is 552. The topological polar surface area (TPSA) is 12.0 Å². The number of rotatable bonds is 3. The highest BCUT2D eigenvalue weighted by molar-refractivity contribution is 9.10. The van der Waals surface area contributed by atoms with E-state index in [1.807, 2.05) is 30.3 Å². The molecule has 0 aliphatic carbocycles. The van der Waals surface area contributed by atoms with E-state index in [0.29, 0.717) is 21.6 Å². The SMILES string of the molecule is Clc1cc(Cl)cc(NCc2cc(Cl)ccc2Br)c1. The third-order valence-electron chi connectivity index (χ3n) is 2.35. The van der Waals surface area contributed by atoms with E-state index in [1.165, 1.54) is 0 Å². The summed E-state index contributed by atoms with van der Waals surface area (Å²) < 4.78 is 1.01. The summed E-state index contributed by atoms with van der Waals surface area (Å²) in [4.78, 5) is 0. The lowest BCUT2D eigenvalue weighted by molar-refractivity contribution is 1.14. The minimum Gasteiger partial charge on any atom is -0.381 e. The zero-order valence-electron chi connectivity index (χ0n) is 9.18. The molecule has 94 valence electrons. The Kier molecular flexibility index (Phi) is 4.79. The van der Waals surface area contributed by atoms with E-state index in [2.05, 4.69) is 21.2 Å². The van der Waals surface area contributed by atoms with Gasteiger partial charge in [0.2, 0.25) is 0 Å². The Hall–Kier alpha value is -0.410. The monoisotopic (exact) mass is 363 g/mol. The van der Waals surface area contributed by atoms with Gasteiger partial charge in [0, 0.05) is 31.8 Å². The van der Waals surface area contributed by atoms with Gasteiger partial charge in [0.1, 0.15) is 0 Å². The van der Waals surface area contributed by atoms with Gasteiger partial charge in [-0.25, -0.2) is 0 Å². The van der Waals surface area contributed by atoms with Crippen molar-refractivity contribution in [2.24, 2.45) is 0 Å². The maximum absolute atomic E-state index is 5.96. The Morgan fingerprint density at radius 3 is 2.22 bits per heavy atom. The fraction of sp³-hybridized carbons (Fsp3) is 0.0769. The summed E-state index contributed by atoms with van der Waals surface area (Å²) in [5.74, 6) is 0. The summed E-state index contributed by atoms with van der Waals surface area (Å²) in [7, 11) is 0. The zero-order chi connectivity index (χ0) is 13.1. The first-order valence-electron chi connectivity index (χ1n) is 5.18. The first-order valence-corrected chi connectivity index (χ1v) is 7.11. The molecule has 0 unspecified atom stereocenters. The van der Waals surface area contributed by atoms with Gasteiger partial charge >= 0.3 is 0 Å². The van der Waals surface area contributed by atoms with Crippen molar-refractivity contribution in [3.8, 4) is 0 Å². The van der Waals surface area contributed by atoms with E-state index in [-0.39, 0.29) is 0 Å². The molecule has 0 fully saturated rings. The van der Waals surface area contributed by atoms with Crippen molar-refractivity contribution in [1.82, 2.24) is 0 Å². The van der Waals surface area contributed by atoms with E-state index in [9.17, 15) is 0 Å². The van der Waals surface area contributed by atoms with Crippen LogP contribution in [-0.2, 0) is 6.54 Å². The predicted molar refractivity (Wildman–Crippen MR) is 82.9 cm³/mol. The molecule has 0 radical (unpaired) electrons. The number of halogens is 4. The van der Waals surface area contributed by atoms with Crippen LogP contribution < -0.4 is 5.32 Å². The first kappa shape index (κ1) is 14.0. The Morgan fingerprint density at radius 2 is 1.56 bits per heavy atom. The van der Waals surface area contributed by atoms with Gasteiger partial charge in [-0.2, -0.15) is 0 Å². The number of hydrogen-bond acceptors (Lipinski definition) is 1. The van der Waals surface area contributed by atoms with E-state index in [0.717, 1.165) is 15.7 Å². The van der Waals surface area contributed by atoms with Crippen molar-refractivity contribution >= 4 is 56.4 Å². The summed E-state index contributed by atoms with van der Waals surface area (Å²) in [6.45, 7) is 0.637. The van der Waals surface area contributed by atoms with Gasteiger partial charge in [0.15, 0.2) is 0 Å². The second-order valence-electron chi connectivity index (χ2n) is 3.75. The van der Waals surface area contributed by atoms with Crippen LogP contribution in [0.25, 0.3) is 0 Å². The highest BCUT2D eigenvalue weighted by Gasteiger charge is 2.02. The van der Waals surface area contributed by atoms with Gasteiger partial charge in [-0.15, -0.1) is 0 Å². The lowest BCUT2D eigenvalue weighted by atomic mass is 10.2. The molecule has 0 bridgehead atoms. The van der Waals surface area contributed by atoms with Gasteiger partial charge in [-0.1, -0.05) is 50.7 Å². The van der Waals surface area contributed by atoms with Crippen LogP contribution in [0.1, 0.15) is 5.56 Å². The third-order valence-corrected chi connectivity index (χ3v) is 3.80. The quantitative estimate of drug-likeness (QED) is 0.701. The van der Waals surface area contributed by atoms with E-state index in [1.54, 1.807) is 6.07 Å². The second-order valence-corrected chi connectivity index (χ2v) is 5.91. The van der Waals surface area contributed by atoms with Gasteiger partial charge < -0.3 is 5.32 Å². The van der Waals surface area contributed by atoms with Crippen molar-refractivity contribution in [3.05, 3.63) is 61.5 Å². The highest BCUT2D eigenvalue weighted by atomic mass is 79.9. The molecule has 0 saturated carbocycles. The minimum atomic E-state index is 0.607. The van der Waals surface area contributed by atoms with Crippen molar-refractivity contribution in [2.75, 3.05) is 5.32 Å². The summed E-state index contributed by atoms with van der Waals surface area (Å²) in [6, 6.07) is 11.0. The standard InChI is InChI=1S/C13H9BrCl3N/c14-13-2-1-9(15)3-8(13)7-18-12-5-10(16)4-11(17)6-12/h1-6,18H,7H2. The van der Waals surface area contributed by atoms with Crippen molar-refractivity contribution in [2.45, 2.75) is 6.54 Å². The smallest absolute Gasteiger partial charge is 0.0441 e. The third kappa shape index (κ3) is 3.79. The van der Waals surface area contributed by atoms with Crippen LogP contribution in [-0.4, -0.2) is 0 Å². The summed E-state index contributed by atoms with van der Waals surface area (Å²) >= 11 is 21.3. The Labute approximate surface area is 129 Å². The van der Waals surface area contributed by atoms with E-state index >= 15 is 0 Å². The van der Waals surface area contributed by atoms with Crippen LogP contribution >= 0.6 is 50.7 Å². The minimum absolute atomic E-state index is 0.607. The number of hydrogen-bond donors (Lipinski definition) is 1. The molecule has 2 rings (SSSR count). The second kappa shape index (κ2) is 6.16. The van der Waals surface area contributed by atoms with Gasteiger partial charge in [-0.3, -0.25) is 0 Å². The van der Waals surface area contributed by atoms with E-state index < -0.39 is 0 Å². The van der Waals surface area contributed by atoms with Crippen LogP contribution in [0.2, 0.25) is 15.1 Å². The average Bonchev–Trinajstić information content (AvgIpc) is 2.29. The van der Waals surface area contributed by atoms with Gasteiger partial charge in [0.05, 0.1) is 0 Å². The fourth-order valence-electron chi connectivity index (χ4n) is 1.53. The van der Waals surface area contributed by atoms with Gasteiger partial charge in [-0.05, 0) is 42.0 Å². The molecule has 0 amide bonds. The molecule has 0 saturated heterocycles. The van der Waals surface area contributed by atoms with Crippen LogP contribution in [0, 0.1) is 0 Å². The molecule has 0 aliphatic heterocycles. The predicted octanol–water partition coefficient (Wildman–Crippen LogP) is 6.02. The molecule has 1 N–H and O–H groups in total. The van der Waals surface area contributed by atoms with Crippen LogP contribution in [0.3, 0.4) is 0 Å².